The number of likely N-dealkylation sites (tertiary alicyclic amines) is 1. The molecule has 0 atom stereocenters. The Hall–Kier alpha value is -1.91. The van der Waals surface area contributed by atoms with Crippen LogP contribution >= 0.6 is 0 Å². The predicted octanol–water partition coefficient (Wildman–Crippen LogP) is 2.58. The summed E-state index contributed by atoms with van der Waals surface area (Å²) >= 11 is 0. The fourth-order valence-electron chi connectivity index (χ4n) is 2.63. The molecule has 0 bridgehead atoms. The van der Waals surface area contributed by atoms with Crippen LogP contribution in [0.2, 0.25) is 0 Å². The largest absolute Gasteiger partial charge is 0.343 e. The molecule has 0 unspecified atom stereocenters. The van der Waals surface area contributed by atoms with Gasteiger partial charge in [0.15, 0.2) is 0 Å². The van der Waals surface area contributed by atoms with Crippen molar-refractivity contribution in [2.45, 2.75) is 32.6 Å². The highest BCUT2D eigenvalue weighted by Crippen LogP contribution is 2.19. The number of hydrogen-bond acceptors (Lipinski definition) is 2. The summed E-state index contributed by atoms with van der Waals surface area (Å²) in [5.74, 6) is -0.665. The SMILES string of the molecule is CC(=O)N(CCC(=O)N1CCCCC1)c1ccccc1F. The van der Waals surface area contributed by atoms with E-state index < -0.39 is 5.82 Å². The Morgan fingerprint density at radius 2 is 1.86 bits per heavy atom. The van der Waals surface area contributed by atoms with Crippen molar-refractivity contribution in [2.24, 2.45) is 0 Å². The monoisotopic (exact) mass is 292 g/mol. The maximum Gasteiger partial charge on any atom is 0.224 e. The lowest BCUT2D eigenvalue weighted by molar-refractivity contribution is -0.131. The lowest BCUT2D eigenvalue weighted by Gasteiger charge is -2.28. The summed E-state index contributed by atoms with van der Waals surface area (Å²) < 4.78 is 13.8. The van der Waals surface area contributed by atoms with Crippen LogP contribution in [0.25, 0.3) is 0 Å². The Labute approximate surface area is 124 Å². The van der Waals surface area contributed by atoms with E-state index in [1.165, 1.54) is 24.3 Å². The van der Waals surface area contributed by atoms with Crippen molar-refractivity contribution in [3.8, 4) is 0 Å². The molecule has 2 rings (SSSR count). The fourth-order valence-corrected chi connectivity index (χ4v) is 2.63. The van der Waals surface area contributed by atoms with Gasteiger partial charge in [-0.15, -0.1) is 0 Å². The maximum atomic E-state index is 13.8. The number of piperidine rings is 1. The van der Waals surface area contributed by atoms with E-state index in [2.05, 4.69) is 0 Å². The smallest absolute Gasteiger partial charge is 0.224 e. The van der Waals surface area contributed by atoms with Gasteiger partial charge in [0.05, 0.1) is 5.69 Å². The average Bonchev–Trinajstić information content (AvgIpc) is 2.49. The minimum absolute atomic E-state index is 0.0392. The molecule has 21 heavy (non-hydrogen) atoms. The molecule has 1 aromatic rings. The van der Waals surface area contributed by atoms with Gasteiger partial charge < -0.3 is 9.80 Å². The van der Waals surface area contributed by atoms with Crippen molar-refractivity contribution in [3.63, 3.8) is 0 Å². The Morgan fingerprint density at radius 3 is 2.48 bits per heavy atom. The number of hydrogen-bond donors (Lipinski definition) is 0. The molecule has 4 nitrogen and oxygen atoms in total. The van der Waals surface area contributed by atoms with E-state index in [-0.39, 0.29) is 30.5 Å². The minimum atomic E-state index is -0.446. The lowest BCUT2D eigenvalue weighted by atomic mass is 10.1. The summed E-state index contributed by atoms with van der Waals surface area (Å²) in [6.45, 7) is 3.18. The molecule has 0 radical (unpaired) electrons. The minimum Gasteiger partial charge on any atom is -0.343 e. The van der Waals surface area contributed by atoms with Crippen LogP contribution in [0.4, 0.5) is 10.1 Å². The third-order valence-electron chi connectivity index (χ3n) is 3.78. The Morgan fingerprint density at radius 1 is 1.19 bits per heavy atom. The van der Waals surface area contributed by atoms with Gasteiger partial charge in [0.2, 0.25) is 11.8 Å². The molecular weight excluding hydrogens is 271 g/mol. The maximum absolute atomic E-state index is 13.8. The van der Waals surface area contributed by atoms with Crippen LogP contribution in [0.5, 0.6) is 0 Å². The summed E-state index contributed by atoms with van der Waals surface area (Å²) in [6, 6.07) is 6.14. The van der Waals surface area contributed by atoms with Crippen LogP contribution in [-0.4, -0.2) is 36.3 Å². The number of benzene rings is 1. The molecule has 1 saturated heterocycles. The zero-order valence-electron chi connectivity index (χ0n) is 12.3. The predicted molar refractivity (Wildman–Crippen MR) is 79.5 cm³/mol. The van der Waals surface area contributed by atoms with Gasteiger partial charge in [-0.05, 0) is 31.4 Å². The van der Waals surface area contributed by atoms with E-state index in [0.717, 1.165) is 25.9 Å². The van der Waals surface area contributed by atoms with Crippen LogP contribution in [0.3, 0.4) is 0 Å². The molecule has 0 spiro atoms. The summed E-state index contributed by atoms with van der Waals surface area (Å²) in [5.41, 5.74) is 0.233. The van der Waals surface area contributed by atoms with Gasteiger partial charge >= 0.3 is 0 Å². The molecule has 1 fully saturated rings. The van der Waals surface area contributed by atoms with Gasteiger partial charge in [0.1, 0.15) is 5.82 Å². The van der Waals surface area contributed by atoms with E-state index in [9.17, 15) is 14.0 Å². The van der Waals surface area contributed by atoms with Crippen molar-refractivity contribution in [1.82, 2.24) is 4.90 Å². The van der Waals surface area contributed by atoms with Crippen molar-refractivity contribution in [3.05, 3.63) is 30.1 Å². The van der Waals surface area contributed by atoms with Crippen molar-refractivity contribution < 1.29 is 14.0 Å². The number of carbonyl (C=O) groups is 2. The van der Waals surface area contributed by atoms with E-state index in [1.807, 2.05) is 4.90 Å². The molecule has 1 aromatic carbocycles. The number of amides is 2. The average molecular weight is 292 g/mol. The normalized spacial score (nSPS) is 14.9. The topological polar surface area (TPSA) is 40.6 Å². The van der Waals surface area contributed by atoms with Crippen molar-refractivity contribution in [1.29, 1.82) is 0 Å². The number of anilines is 1. The van der Waals surface area contributed by atoms with Crippen LogP contribution in [0.1, 0.15) is 32.6 Å². The highest BCUT2D eigenvalue weighted by Gasteiger charge is 2.20. The van der Waals surface area contributed by atoms with Gasteiger partial charge in [-0.1, -0.05) is 12.1 Å². The number of nitrogens with zero attached hydrogens (tertiary/aromatic N) is 2. The molecular formula is C16H21FN2O2. The molecule has 5 heteroatoms. The molecule has 0 aromatic heterocycles. The third-order valence-corrected chi connectivity index (χ3v) is 3.78. The van der Waals surface area contributed by atoms with Gasteiger partial charge in [-0.2, -0.15) is 0 Å². The number of carbonyl (C=O) groups excluding carboxylic acids is 2. The standard InChI is InChI=1S/C16H21FN2O2/c1-13(20)19(15-8-4-3-7-14(15)17)12-9-16(21)18-10-5-2-6-11-18/h3-4,7-8H,2,5-6,9-12H2,1H3. The first-order chi connectivity index (χ1) is 10.1. The molecule has 1 heterocycles. The highest BCUT2D eigenvalue weighted by molar-refractivity contribution is 5.92. The molecule has 114 valence electrons. The Bertz CT molecular complexity index is 513. The summed E-state index contributed by atoms with van der Waals surface area (Å²) in [5, 5.41) is 0. The molecule has 2 amide bonds. The zero-order valence-corrected chi connectivity index (χ0v) is 12.3. The highest BCUT2D eigenvalue weighted by atomic mass is 19.1. The molecule has 0 N–H and O–H groups in total. The second-order valence-corrected chi connectivity index (χ2v) is 5.31. The van der Waals surface area contributed by atoms with E-state index >= 15 is 0 Å². The van der Waals surface area contributed by atoms with Crippen LogP contribution < -0.4 is 4.90 Å². The quantitative estimate of drug-likeness (QED) is 0.856. The van der Waals surface area contributed by atoms with E-state index in [1.54, 1.807) is 18.2 Å². The summed E-state index contributed by atoms with van der Waals surface area (Å²) in [4.78, 5) is 27.0. The van der Waals surface area contributed by atoms with Gasteiger partial charge in [-0.3, -0.25) is 9.59 Å². The van der Waals surface area contributed by atoms with Gasteiger partial charge in [0, 0.05) is 33.0 Å². The van der Waals surface area contributed by atoms with Crippen LogP contribution in [0, 0.1) is 5.82 Å². The molecule has 1 aliphatic heterocycles. The van der Waals surface area contributed by atoms with Crippen LogP contribution in [-0.2, 0) is 9.59 Å². The Kier molecular flexibility index (Phi) is 5.31. The molecule has 1 aliphatic rings. The molecule has 0 saturated carbocycles. The first kappa shape index (κ1) is 15.5. The summed E-state index contributed by atoms with van der Waals surface area (Å²) in [7, 11) is 0. The van der Waals surface area contributed by atoms with Gasteiger partial charge in [-0.25, -0.2) is 4.39 Å². The first-order valence-corrected chi connectivity index (χ1v) is 7.40. The van der Waals surface area contributed by atoms with Crippen molar-refractivity contribution >= 4 is 17.5 Å². The second kappa shape index (κ2) is 7.20. The summed E-state index contributed by atoms with van der Waals surface area (Å²) in [6.07, 6.45) is 3.47. The lowest BCUT2D eigenvalue weighted by Crippen LogP contribution is -2.39. The zero-order chi connectivity index (χ0) is 15.2. The second-order valence-electron chi connectivity index (χ2n) is 5.31. The Balaban J connectivity index is 1.99. The number of halogens is 1. The van der Waals surface area contributed by atoms with Crippen molar-refractivity contribution in [2.75, 3.05) is 24.5 Å². The third kappa shape index (κ3) is 4.03. The number of para-hydroxylation sites is 1. The van der Waals surface area contributed by atoms with E-state index in [0.29, 0.717) is 0 Å². The number of rotatable bonds is 4. The fraction of sp³-hybridized carbons (Fsp3) is 0.500. The first-order valence-electron chi connectivity index (χ1n) is 7.40. The van der Waals surface area contributed by atoms with Gasteiger partial charge in [0.25, 0.3) is 0 Å². The molecule has 0 aliphatic carbocycles. The van der Waals surface area contributed by atoms with E-state index in [4.69, 9.17) is 0 Å². The van der Waals surface area contributed by atoms with Crippen LogP contribution in [0.15, 0.2) is 24.3 Å².